The average molecular weight is 422 g/mol. The number of amides is 1. The molecule has 6 heteroatoms. The summed E-state index contributed by atoms with van der Waals surface area (Å²) in [5, 5.41) is 11.4. The van der Waals surface area contributed by atoms with Crippen LogP contribution in [0.15, 0.2) is 76.7 Å². The lowest BCUT2D eigenvalue weighted by molar-refractivity contribution is -0.140. The lowest BCUT2D eigenvalue weighted by Crippen LogP contribution is -2.31. The van der Waals surface area contributed by atoms with Crippen LogP contribution in [0.25, 0.3) is 5.76 Å². The van der Waals surface area contributed by atoms with Crippen molar-refractivity contribution in [1.82, 2.24) is 4.90 Å². The van der Waals surface area contributed by atoms with Gasteiger partial charge < -0.3 is 14.4 Å². The third-order valence-electron chi connectivity index (χ3n) is 5.17. The zero-order valence-electron chi connectivity index (χ0n) is 16.3. The van der Waals surface area contributed by atoms with Gasteiger partial charge in [0.1, 0.15) is 23.3 Å². The van der Waals surface area contributed by atoms with E-state index < -0.39 is 17.7 Å². The number of furan rings is 1. The molecule has 5 nitrogen and oxygen atoms in total. The number of benzene rings is 2. The molecule has 3 aromatic rings. The van der Waals surface area contributed by atoms with Gasteiger partial charge in [0.25, 0.3) is 11.7 Å². The molecule has 4 rings (SSSR count). The number of hydrogen-bond donors (Lipinski definition) is 1. The van der Waals surface area contributed by atoms with E-state index in [4.69, 9.17) is 16.0 Å². The van der Waals surface area contributed by atoms with Crippen LogP contribution in [0.1, 0.15) is 28.7 Å². The Morgan fingerprint density at radius 2 is 1.73 bits per heavy atom. The molecule has 0 spiro atoms. The van der Waals surface area contributed by atoms with E-state index in [-0.39, 0.29) is 11.3 Å². The largest absolute Gasteiger partial charge is 0.507 e. The van der Waals surface area contributed by atoms with Gasteiger partial charge in [0, 0.05) is 17.1 Å². The van der Waals surface area contributed by atoms with E-state index >= 15 is 0 Å². The van der Waals surface area contributed by atoms with E-state index in [1.807, 2.05) is 30.3 Å². The summed E-state index contributed by atoms with van der Waals surface area (Å²) < 4.78 is 5.77. The summed E-state index contributed by atoms with van der Waals surface area (Å²) in [5.74, 6) is -0.526. The molecule has 1 aliphatic heterocycles. The van der Waals surface area contributed by atoms with Crippen molar-refractivity contribution in [2.24, 2.45) is 0 Å². The van der Waals surface area contributed by atoms with Crippen LogP contribution in [-0.2, 0) is 16.0 Å². The van der Waals surface area contributed by atoms with E-state index in [1.165, 1.54) is 4.90 Å². The Kier molecular flexibility index (Phi) is 5.46. The Morgan fingerprint density at radius 3 is 2.37 bits per heavy atom. The molecule has 1 unspecified atom stereocenters. The van der Waals surface area contributed by atoms with Crippen LogP contribution in [0.4, 0.5) is 0 Å². The molecular weight excluding hydrogens is 402 g/mol. The number of aliphatic hydroxyl groups is 1. The smallest absolute Gasteiger partial charge is 0.295 e. The summed E-state index contributed by atoms with van der Waals surface area (Å²) in [6.07, 6.45) is 0.574. The van der Waals surface area contributed by atoms with Crippen molar-refractivity contribution in [3.05, 3.63) is 100.0 Å². The molecule has 30 heavy (non-hydrogen) atoms. The van der Waals surface area contributed by atoms with Crippen LogP contribution in [0.5, 0.6) is 0 Å². The first-order valence-electron chi connectivity index (χ1n) is 9.60. The van der Waals surface area contributed by atoms with Crippen LogP contribution < -0.4 is 0 Å². The minimum absolute atomic E-state index is 0.0183. The topological polar surface area (TPSA) is 70.8 Å². The highest BCUT2D eigenvalue weighted by atomic mass is 35.5. The quantitative estimate of drug-likeness (QED) is 0.361. The van der Waals surface area contributed by atoms with Crippen molar-refractivity contribution < 1.29 is 19.1 Å². The van der Waals surface area contributed by atoms with Crippen molar-refractivity contribution >= 4 is 29.1 Å². The van der Waals surface area contributed by atoms with Crippen LogP contribution >= 0.6 is 11.6 Å². The highest BCUT2D eigenvalue weighted by Crippen LogP contribution is 2.40. The maximum Gasteiger partial charge on any atom is 0.295 e. The van der Waals surface area contributed by atoms with Crippen molar-refractivity contribution in [1.29, 1.82) is 0 Å². The van der Waals surface area contributed by atoms with Gasteiger partial charge >= 0.3 is 0 Å². The zero-order valence-corrected chi connectivity index (χ0v) is 17.1. The van der Waals surface area contributed by atoms with Crippen LogP contribution in [0, 0.1) is 6.92 Å². The first-order valence-corrected chi connectivity index (χ1v) is 9.98. The molecule has 0 aliphatic carbocycles. The molecule has 152 valence electrons. The van der Waals surface area contributed by atoms with E-state index in [2.05, 4.69) is 0 Å². The highest BCUT2D eigenvalue weighted by molar-refractivity contribution is 6.46. The van der Waals surface area contributed by atoms with Gasteiger partial charge in [-0.05, 0) is 55.3 Å². The molecule has 1 amide bonds. The fourth-order valence-electron chi connectivity index (χ4n) is 3.66. The molecular formula is C24H20ClNO4. The first kappa shape index (κ1) is 20.0. The highest BCUT2D eigenvalue weighted by Gasteiger charge is 2.47. The van der Waals surface area contributed by atoms with Gasteiger partial charge in [0.15, 0.2) is 0 Å². The van der Waals surface area contributed by atoms with E-state index in [1.54, 1.807) is 43.3 Å². The first-order chi connectivity index (χ1) is 14.5. The van der Waals surface area contributed by atoms with Crippen molar-refractivity contribution in [3.8, 4) is 0 Å². The molecule has 0 saturated carbocycles. The molecule has 2 aromatic carbocycles. The summed E-state index contributed by atoms with van der Waals surface area (Å²) in [6.45, 7) is 2.11. The minimum atomic E-state index is -0.793. The van der Waals surface area contributed by atoms with E-state index in [0.29, 0.717) is 35.1 Å². The number of aryl methyl sites for hydroxylation is 1. The Labute approximate surface area is 179 Å². The molecule has 1 atom stereocenters. The van der Waals surface area contributed by atoms with E-state index in [0.717, 1.165) is 5.56 Å². The summed E-state index contributed by atoms with van der Waals surface area (Å²) in [7, 11) is 0. The summed E-state index contributed by atoms with van der Waals surface area (Å²) >= 11 is 5.94. The number of rotatable bonds is 5. The number of carbonyl (C=O) groups is 2. The van der Waals surface area contributed by atoms with Crippen LogP contribution in [-0.4, -0.2) is 28.2 Å². The summed E-state index contributed by atoms with van der Waals surface area (Å²) in [4.78, 5) is 27.3. The van der Waals surface area contributed by atoms with Crippen LogP contribution in [0.3, 0.4) is 0 Å². The molecule has 0 bridgehead atoms. The number of carbonyl (C=O) groups excluding carboxylic acids is 2. The van der Waals surface area contributed by atoms with Crippen molar-refractivity contribution in [2.75, 3.05) is 6.54 Å². The number of halogens is 1. The second kappa shape index (κ2) is 8.20. The normalized spacial score (nSPS) is 18.2. The second-order valence-corrected chi connectivity index (χ2v) is 7.62. The van der Waals surface area contributed by atoms with Gasteiger partial charge in [-0.1, -0.05) is 41.9 Å². The van der Waals surface area contributed by atoms with Crippen molar-refractivity contribution in [2.45, 2.75) is 19.4 Å². The van der Waals surface area contributed by atoms with Crippen LogP contribution in [0.2, 0.25) is 5.02 Å². The molecule has 1 N–H and O–H groups in total. The predicted molar refractivity (Wildman–Crippen MR) is 114 cm³/mol. The third kappa shape index (κ3) is 3.76. The second-order valence-electron chi connectivity index (χ2n) is 7.18. The lowest BCUT2D eigenvalue weighted by Gasteiger charge is -2.23. The monoisotopic (exact) mass is 421 g/mol. The summed E-state index contributed by atoms with van der Waals surface area (Å²) in [6, 6.07) is 18.9. The van der Waals surface area contributed by atoms with Gasteiger partial charge in [-0.2, -0.15) is 0 Å². The molecule has 0 radical (unpaired) electrons. The molecule has 1 aromatic heterocycles. The van der Waals surface area contributed by atoms with Gasteiger partial charge in [-0.25, -0.2) is 0 Å². The minimum Gasteiger partial charge on any atom is -0.507 e. The average Bonchev–Trinajstić information content (AvgIpc) is 3.28. The maximum atomic E-state index is 12.9. The third-order valence-corrected chi connectivity index (χ3v) is 5.42. The Balaban J connectivity index is 1.76. The molecule has 1 fully saturated rings. The standard InChI is InChI=1S/C24H20ClNO4/c1-15-7-12-19(30-15)21-20(22(27)17-8-10-18(25)11-9-17)23(28)24(29)26(21)14-13-16-5-3-2-4-6-16/h2-12,21,27H,13-14H2,1H3/b22-20+. The number of likely N-dealkylation sites (tertiary alicyclic amines) is 1. The number of hydrogen-bond acceptors (Lipinski definition) is 4. The maximum absolute atomic E-state index is 12.9. The number of nitrogens with zero attached hydrogens (tertiary/aromatic N) is 1. The van der Waals surface area contributed by atoms with E-state index in [9.17, 15) is 14.7 Å². The van der Waals surface area contributed by atoms with Gasteiger partial charge in [0.05, 0.1) is 5.57 Å². The lowest BCUT2D eigenvalue weighted by atomic mass is 9.99. The van der Waals surface area contributed by atoms with Crippen molar-refractivity contribution in [3.63, 3.8) is 0 Å². The predicted octanol–water partition coefficient (Wildman–Crippen LogP) is 4.91. The Hall–Kier alpha value is -3.31. The SMILES string of the molecule is Cc1ccc(C2/C(=C(\O)c3ccc(Cl)cc3)C(=O)C(=O)N2CCc2ccccc2)o1. The zero-order chi connectivity index (χ0) is 21.3. The molecule has 1 saturated heterocycles. The molecule has 1 aliphatic rings. The number of Topliss-reactive ketones (excluding diaryl/α,β-unsaturated/α-hetero) is 1. The fraction of sp³-hybridized carbons (Fsp3) is 0.167. The molecule has 2 heterocycles. The van der Waals surface area contributed by atoms with Gasteiger partial charge in [-0.3, -0.25) is 9.59 Å². The van der Waals surface area contributed by atoms with Gasteiger partial charge in [-0.15, -0.1) is 0 Å². The Bertz CT molecular complexity index is 1120. The van der Waals surface area contributed by atoms with Gasteiger partial charge in [0.2, 0.25) is 0 Å². The number of aliphatic hydroxyl groups excluding tert-OH is 1. The Morgan fingerprint density at radius 1 is 1.03 bits per heavy atom. The summed E-state index contributed by atoms with van der Waals surface area (Å²) in [5.41, 5.74) is 1.48. The fourth-order valence-corrected chi connectivity index (χ4v) is 3.79. The number of ketones is 1.